The summed E-state index contributed by atoms with van der Waals surface area (Å²) in [7, 11) is 1.62. The first-order chi connectivity index (χ1) is 7.83. The molecule has 1 aliphatic heterocycles. The molecule has 2 N–H and O–H groups in total. The Kier molecular flexibility index (Phi) is 3.87. The molecule has 2 atom stereocenters. The van der Waals surface area contributed by atoms with E-state index in [-0.39, 0.29) is 12.0 Å². The summed E-state index contributed by atoms with van der Waals surface area (Å²) < 4.78 is 15.6. The van der Waals surface area contributed by atoms with Crippen molar-refractivity contribution in [3.05, 3.63) is 11.7 Å². The highest BCUT2D eigenvalue weighted by Gasteiger charge is 2.23. The Morgan fingerprint density at radius 2 is 2.50 bits per heavy atom. The molecular formula is C10H17N3O3. The highest BCUT2D eigenvalue weighted by atomic mass is 16.5. The number of nitrogens with zero attached hydrogens (tertiary/aromatic N) is 2. The molecule has 0 bridgehead atoms. The summed E-state index contributed by atoms with van der Waals surface area (Å²) in [6.45, 7) is 1.91. The molecule has 2 unspecified atom stereocenters. The zero-order chi connectivity index (χ0) is 11.4. The van der Waals surface area contributed by atoms with Gasteiger partial charge in [0, 0.05) is 26.2 Å². The van der Waals surface area contributed by atoms with Crippen LogP contribution < -0.4 is 5.73 Å². The van der Waals surface area contributed by atoms with Crippen LogP contribution in [0.2, 0.25) is 0 Å². The molecule has 1 fully saturated rings. The van der Waals surface area contributed by atoms with Gasteiger partial charge in [-0.3, -0.25) is 0 Å². The Bertz CT molecular complexity index is 319. The lowest BCUT2D eigenvalue weighted by Crippen LogP contribution is -2.24. The first-order valence-corrected chi connectivity index (χ1v) is 5.46. The number of ether oxygens (including phenoxy) is 2. The van der Waals surface area contributed by atoms with Crippen molar-refractivity contribution < 1.29 is 14.0 Å². The van der Waals surface area contributed by atoms with E-state index in [4.69, 9.17) is 19.7 Å². The molecule has 6 nitrogen and oxygen atoms in total. The minimum absolute atomic E-state index is 0.0619. The van der Waals surface area contributed by atoms with Crippen LogP contribution in [0.3, 0.4) is 0 Å². The summed E-state index contributed by atoms with van der Waals surface area (Å²) in [5.41, 5.74) is 5.53. The average Bonchev–Trinajstić information content (AvgIpc) is 2.96. The summed E-state index contributed by atoms with van der Waals surface area (Å²) in [4.78, 5) is 4.33. The van der Waals surface area contributed by atoms with Gasteiger partial charge in [-0.2, -0.15) is 4.98 Å². The SMILES string of the molecule is COC(CN)Cc1nc(C2CCOC2)no1. The maximum Gasteiger partial charge on any atom is 0.229 e. The van der Waals surface area contributed by atoms with Crippen molar-refractivity contribution in [2.75, 3.05) is 26.9 Å². The van der Waals surface area contributed by atoms with Crippen LogP contribution in [0.25, 0.3) is 0 Å². The Morgan fingerprint density at radius 1 is 1.62 bits per heavy atom. The maximum absolute atomic E-state index is 5.53. The van der Waals surface area contributed by atoms with Crippen LogP contribution in [0.1, 0.15) is 24.1 Å². The van der Waals surface area contributed by atoms with E-state index < -0.39 is 0 Å². The predicted octanol–water partition coefficient (Wildman–Crippen LogP) is 0.0897. The van der Waals surface area contributed by atoms with Crippen molar-refractivity contribution in [2.24, 2.45) is 5.73 Å². The molecule has 2 heterocycles. The topological polar surface area (TPSA) is 83.4 Å². The normalized spacial score (nSPS) is 22.5. The minimum Gasteiger partial charge on any atom is -0.381 e. The Balaban J connectivity index is 1.96. The highest BCUT2D eigenvalue weighted by Crippen LogP contribution is 2.22. The van der Waals surface area contributed by atoms with Crippen LogP contribution in [0.15, 0.2) is 4.52 Å². The first kappa shape index (κ1) is 11.5. The Morgan fingerprint density at radius 3 is 3.12 bits per heavy atom. The monoisotopic (exact) mass is 227 g/mol. The van der Waals surface area contributed by atoms with E-state index in [1.807, 2.05) is 0 Å². The standard InChI is InChI=1S/C10H17N3O3/c1-14-8(5-11)4-9-12-10(13-16-9)7-2-3-15-6-7/h7-8H,2-6,11H2,1H3. The van der Waals surface area contributed by atoms with E-state index in [0.717, 1.165) is 18.9 Å². The number of aromatic nitrogens is 2. The van der Waals surface area contributed by atoms with Gasteiger partial charge in [0.1, 0.15) is 0 Å². The van der Waals surface area contributed by atoms with Crippen molar-refractivity contribution in [3.8, 4) is 0 Å². The molecule has 0 amide bonds. The largest absolute Gasteiger partial charge is 0.381 e. The molecule has 6 heteroatoms. The fraction of sp³-hybridized carbons (Fsp3) is 0.800. The lowest BCUT2D eigenvalue weighted by Gasteiger charge is -2.08. The number of nitrogens with two attached hydrogens (primary N) is 1. The summed E-state index contributed by atoms with van der Waals surface area (Å²) in [5, 5.41) is 3.96. The first-order valence-electron chi connectivity index (χ1n) is 5.46. The lowest BCUT2D eigenvalue weighted by atomic mass is 10.1. The van der Waals surface area contributed by atoms with Crippen molar-refractivity contribution >= 4 is 0 Å². The fourth-order valence-electron chi connectivity index (χ4n) is 1.71. The second-order valence-electron chi connectivity index (χ2n) is 3.90. The second-order valence-corrected chi connectivity index (χ2v) is 3.90. The van der Waals surface area contributed by atoms with Gasteiger partial charge >= 0.3 is 0 Å². The molecule has 0 radical (unpaired) electrons. The molecule has 1 saturated heterocycles. The van der Waals surface area contributed by atoms with Gasteiger partial charge in [0.25, 0.3) is 0 Å². The van der Waals surface area contributed by atoms with Crippen molar-refractivity contribution in [1.29, 1.82) is 0 Å². The molecule has 0 aliphatic carbocycles. The van der Waals surface area contributed by atoms with Crippen LogP contribution in [0.4, 0.5) is 0 Å². The third-order valence-electron chi connectivity index (χ3n) is 2.78. The maximum atomic E-state index is 5.53. The number of hydrogen-bond acceptors (Lipinski definition) is 6. The summed E-state index contributed by atoms with van der Waals surface area (Å²) in [6, 6.07) is 0. The van der Waals surface area contributed by atoms with Gasteiger partial charge < -0.3 is 19.7 Å². The Labute approximate surface area is 94.1 Å². The molecule has 0 aromatic carbocycles. The third-order valence-corrected chi connectivity index (χ3v) is 2.78. The highest BCUT2D eigenvalue weighted by molar-refractivity contribution is 4.98. The van der Waals surface area contributed by atoms with E-state index >= 15 is 0 Å². The molecule has 90 valence electrons. The van der Waals surface area contributed by atoms with E-state index in [1.54, 1.807) is 7.11 Å². The van der Waals surface area contributed by atoms with Crippen molar-refractivity contribution in [2.45, 2.75) is 24.9 Å². The van der Waals surface area contributed by atoms with Gasteiger partial charge in [0.05, 0.1) is 19.1 Å². The molecule has 1 aromatic heterocycles. The van der Waals surface area contributed by atoms with Gasteiger partial charge in [-0.1, -0.05) is 5.16 Å². The van der Waals surface area contributed by atoms with Gasteiger partial charge in [0.15, 0.2) is 5.82 Å². The summed E-state index contributed by atoms with van der Waals surface area (Å²) in [5.74, 6) is 1.59. The van der Waals surface area contributed by atoms with E-state index in [0.29, 0.717) is 25.5 Å². The van der Waals surface area contributed by atoms with Crippen LogP contribution in [0, 0.1) is 0 Å². The van der Waals surface area contributed by atoms with Crippen molar-refractivity contribution in [1.82, 2.24) is 10.1 Å². The van der Waals surface area contributed by atoms with E-state index in [2.05, 4.69) is 10.1 Å². The summed E-state index contributed by atoms with van der Waals surface area (Å²) >= 11 is 0. The summed E-state index contributed by atoms with van der Waals surface area (Å²) in [6.07, 6.45) is 1.46. The molecule has 1 aliphatic rings. The van der Waals surface area contributed by atoms with Gasteiger partial charge in [-0.15, -0.1) is 0 Å². The molecule has 0 spiro atoms. The van der Waals surface area contributed by atoms with E-state index in [9.17, 15) is 0 Å². The number of hydrogen-bond donors (Lipinski definition) is 1. The minimum atomic E-state index is -0.0619. The second kappa shape index (κ2) is 5.38. The molecule has 0 saturated carbocycles. The zero-order valence-corrected chi connectivity index (χ0v) is 9.39. The smallest absolute Gasteiger partial charge is 0.229 e. The Hall–Kier alpha value is -0.980. The fourth-order valence-corrected chi connectivity index (χ4v) is 1.71. The van der Waals surface area contributed by atoms with Gasteiger partial charge in [-0.25, -0.2) is 0 Å². The van der Waals surface area contributed by atoms with Gasteiger partial charge in [-0.05, 0) is 6.42 Å². The predicted molar refractivity (Wildman–Crippen MR) is 56.0 cm³/mol. The van der Waals surface area contributed by atoms with Crippen LogP contribution in [0.5, 0.6) is 0 Å². The molecular weight excluding hydrogens is 210 g/mol. The average molecular weight is 227 g/mol. The molecule has 1 aromatic rings. The van der Waals surface area contributed by atoms with Crippen molar-refractivity contribution in [3.63, 3.8) is 0 Å². The number of methoxy groups -OCH3 is 1. The molecule has 2 rings (SSSR count). The zero-order valence-electron chi connectivity index (χ0n) is 9.39. The van der Waals surface area contributed by atoms with Crippen LogP contribution >= 0.6 is 0 Å². The quantitative estimate of drug-likeness (QED) is 0.767. The van der Waals surface area contributed by atoms with Gasteiger partial charge in [0.2, 0.25) is 5.89 Å². The third kappa shape index (κ3) is 2.58. The van der Waals surface area contributed by atoms with Crippen LogP contribution in [-0.2, 0) is 15.9 Å². The van der Waals surface area contributed by atoms with E-state index in [1.165, 1.54) is 0 Å². The van der Waals surface area contributed by atoms with Crippen LogP contribution in [-0.4, -0.2) is 43.1 Å². The lowest BCUT2D eigenvalue weighted by molar-refractivity contribution is 0.102. The molecule has 16 heavy (non-hydrogen) atoms. The number of rotatable bonds is 5.